The predicted molar refractivity (Wildman–Crippen MR) is 51.8 cm³/mol. The van der Waals surface area contributed by atoms with Gasteiger partial charge in [-0.25, -0.2) is 0 Å². The average molecular weight is 175 g/mol. The molecular formula is C11H13NO. The normalized spacial score (nSPS) is 21.7. The van der Waals surface area contributed by atoms with Crippen LogP contribution in [0.2, 0.25) is 0 Å². The minimum absolute atomic E-state index is 0.393. The lowest BCUT2D eigenvalue weighted by Gasteiger charge is -2.19. The maximum atomic E-state index is 10.7. The molecular weight excluding hydrogens is 162 g/mol. The quantitative estimate of drug-likeness (QED) is 0.500. The summed E-state index contributed by atoms with van der Waals surface area (Å²) in [7, 11) is 0. The molecule has 0 bridgehead atoms. The average Bonchev–Trinajstić information content (AvgIpc) is 2.67. The van der Waals surface area contributed by atoms with Crippen LogP contribution >= 0.6 is 0 Å². The van der Waals surface area contributed by atoms with Gasteiger partial charge in [-0.15, -0.1) is 0 Å². The number of carbonyl (C=O) groups is 1. The molecule has 0 aliphatic heterocycles. The summed E-state index contributed by atoms with van der Waals surface area (Å²) >= 11 is 0. The van der Waals surface area contributed by atoms with Crippen LogP contribution in [0.3, 0.4) is 0 Å². The molecule has 1 aromatic rings. The zero-order valence-corrected chi connectivity index (χ0v) is 7.52. The van der Waals surface area contributed by atoms with Gasteiger partial charge in [0.2, 0.25) is 0 Å². The molecule has 1 atom stereocenters. The number of allylic oxidation sites excluding steroid dienone is 2. The standard InChI is InChI=1S/C11H13NO/c13-9-11-7-4-8-12(11)10-5-2-1-3-6-10/h2,4-5,7-10H,1,3,6H2. The second-order valence-corrected chi connectivity index (χ2v) is 3.38. The van der Waals surface area contributed by atoms with Crippen molar-refractivity contribution in [1.29, 1.82) is 0 Å². The maximum Gasteiger partial charge on any atom is 0.166 e. The van der Waals surface area contributed by atoms with Gasteiger partial charge in [-0.1, -0.05) is 12.2 Å². The van der Waals surface area contributed by atoms with Crippen LogP contribution < -0.4 is 0 Å². The number of hydrogen-bond acceptors (Lipinski definition) is 1. The highest BCUT2D eigenvalue weighted by molar-refractivity contribution is 5.72. The molecule has 0 saturated heterocycles. The molecule has 0 spiro atoms. The molecule has 1 aromatic heterocycles. The molecule has 68 valence electrons. The van der Waals surface area contributed by atoms with Crippen molar-refractivity contribution >= 4 is 6.29 Å². The Bertz CT molecular complexity index is 325. The molecule has 0 radical (unpaired) electrons. The van der Waals surface area contributed by atoms with Gasteiger partial charge in [0.1, 0.15) is 0 Å². The molecule has 0 aromatic carbocycles. The Labute approximate surface area is 77.9 Å². The van der Waals surface area contributed by atoms with Gasteiger partial charge in [-0.2, -0.15) is 0 Å². The van der Waals surface area contributed by atoms with E-state index in [1.54, 1.807) is 0 Å². The molecule has 2 heteroatoms. The van der Waals surface area contributed by atoms with Gasteiger partial charge < -0.3 is 4.57 Å². The van der Waals surface area contributed by atoms with Crippen LogP contribution in [0.15, 0.2) is 30.5 Å². The fourth-order valence-electron chi connectivity index (χ4n) is 1.83. The van der Waals surface area contributed by atoms with E-state index in [2.05, 4.69) is 12.2 Å². The lowest BCUT2D eigenvalue weighted by atomic mass is 10.0. The van der Waals surface area contributed by atoms with Crippen molar-refractivity contribution in [1.82, 2.24) is 4.57 Å². The molecule has 0 amide bonds. The minimum Gasteiger partial charge on any atom is -0.338 e. The summed E-state index contributed by atoms with van der Waals surface area (Å²) < 4.78 is 2.04. The van der Waals surface area contributed by atoms with E-state index in [4.69, 9.17) is 0 Å². The third kappa shape index (κ3) is 1.57. The summed E-state index contributed by atoms with van der Waals surface area (Å²) in [4.78, 5) is 10.7. The van der Waals surface area contributed by atoms with Crippen LogP contribution in [0.1, 0.15) is 35.8 Å². The second kappa shape index (κ2) is 3.60. The van der Waals surface area contributed by atoms with E-state index in [0.717, 1.165) is 18.4 Å². The fourth-order valence-corrected chi connectivity index (χ4v) is 1.83. The Morgan fingerprint density at radius 2 is 2.46 bits per heavy atom. The first kappa shape index (κ1) is 8.30. The molecule has 1 aliphatic rings. The van der Waals surface area contributed by atoms with Crippen molar-refractivity contribution in [3.63, 3.8) is 0 Å². The van der Waals surface area contributed by atoms with Gasteiger partial charge in [0.25, 0.3) is 0 Å². The van der Waals surface area contributed by atoms with E-state index in [0.29, 0.717) is 6.04 Å². The van der Waals surface area contributed by atoms with Crippen LogP contribution in [-0.4, -0.2) is 10.9 Å². The highest BCUT2D eigenvalue weighted by atomic mass is 16.1. The van der Waals surface area contributed by atoms with Crippen LogP contribution in [0, 0.1) is 0 Å². The van der Waals surface area contributed by atoms with Crippen molar-refractivity contribution in [2.24, 2.45) is 0 Å². The summed E-state index contributed by atoms with van der Waals surface area (Å²) in [6, 6.07) is 4.17. The van der Waals surface area contributed by atoms with Gasteiger partial charge >= 0.3 is 0 Å². The summed E-state index contributed by atoms with van der Waals surface area (Å²) in [6.07, 6.45) is 10.8. The lowest BCUT2D eigenvalue weighted by molar-refractivity contribution is 0.111. The number of aldehydes is 1. The van der Waals surface area contributed by atoms with E-state index in [1.807, 2.05) is 22.9 Å². The van der Waals surface area contributed by atoms with Crippen molar-refractivity contribution in [3.05, 3.63) is 36.2 Å². The van der Waals surface area contributed by atoms with Crippen molar-refractivity contribution in [3.8, 4) is 0 Å². The Hall–Kier alpha value is -1.31. The molecule has 1 unspecified atom stereocenters. The second-order valence-electron chi connectivity index (χ2n) is 3.38. The van der Waals surface area contributed by atoms with E-state index in [-0.39, 0.29) is 0 Å². The topological polar surface area (TPSA) is 22.0 Å². The van der Waals surface area contributed by atoms with E-state index in [1.165, 1.54) is 12.8 Å². The summed E-state index contributed by atoms with van der Waals surface area (Å²) in [6.45, 7) is 0. The van der Waals surface area contributed by atoms with Gasteiger partial charge in [0.05, 0.1) is 11.7 Å². The summed E-state index contributed by atoms with van der Waals surface area (Å²) in [5, 5.41) is 0. The highest BCUT2D eigenvalue weighted by Gasteiger charge is 2.11. The molecule has 0 N–H and O–H groups in total. The van der Waals surface area contributed by atoms with Crippen LogP contribution in [0.25, 0.3) is 0 Å². The minimum atomic E-state index is 0.393. The molecule has 0 saturated carbocycles. The number of rotatable bonds is 2. The van der Waals surface area contributed by atoms with E-state index in [9.17, 15) is 4.79 Å². The first-order chi connectivity index (χ1) is 6.42. The van der Waals surface area contributed by atoms with Gasteiger partial charge in [0.15, 0.2) is 6.29 Å². The fraction of sp³-hybridized carbons (Fsp3) is 0.364. The largest absolute Gasteiger partial charge is 0.338 e. The van der Waals surface area contributed by atoms with Gasteiger partial charge in [-0.3, -0.25) is 4.79 Å². The van der Waals surface area contributed by atoms with Crippen molar-refractivity contribution in [2.75, 3.05) is 0 Å². The number of aromatic nitrogens is 1. The molecule has 1 aliphatic carbocycles. The summed E-state index contributed by atoms with van der Waals surface area (Å²) in [5.41, 5.74) is 0.775. The van der Waals surface area contributed by atoms with E-state index < -0.39 is 0 Å². The van der Waals surface area contributed by atoms with Gasteiger partial charge in [0, 0.05) is 6.20 Å². The van der Waals surface area contributed by atoms with Crippen molar-refractivity contribution < 1.29 is 4.79 Å². The third-order valence-electron chi connectivity index (χ3n) is 2.52. The highest BCUT2D eigenvalue weighted by Crippen LogP contribution is 2.23. The number of carbonyl (C=O) groups excluding carboxylic acids is 1. The van der Waals surface area contributed by atoms with Gasteiger partial charge in [-0.05, 0) is 31.4 Å². The number of nitrogens with zero attached hydrogens (tertiary/aromatic N) is 1. The SMILES string of the molecule is O=Cc1cccn1C1C=CCCC1. The summed E-state index contributed by atoms with van der Waals surface area (Å²) in [5.74, 6) is 0. The lowest BCUT2D eigenvalue weighted by Crippen LogP contribution is -2.10. The number of hydrogen-bond donors (Lipinski definition) is 0. The van der Waals surface area contributed by atoms with Crippen LogP contribution in [0.4, 0.5) is 0 Å². The monoisotopic (exact) mass is 175 g/mol. The van der Waals surface area contributed by atoms with Crippen LogP contribution in [-0.2, 0) is 0 Å². The Morgan fingerprint density at radius 3 is 3.15 bits per heavy atom. The molecule has 13 heavy (non-hydrogen) atoms. The maximum absolute atomic E-state index is 10.7. The van der Waals surface area contributed by atoms with E-state index >= 15 is 0 Å². The predicted octanol–water partition coefficient (Wildman–Crippen LogP) is 2.58. The first-order valence-corrected chi connectivity index (χ1v) is 4.70. The molecule has 2 nitrogen and oxygen atoms in total. The third-order valence-corrected chi connectivity index (χ3v) is 2.52. The zero-order valence-electron chi connectivity index (χ0n) is 7.52. The molecule has 1 heterocycles. The van der Waals surface area contributed by atoms with Crippen LogP contribution in [0.5, 0.6) is 0 Å². The smallest absolute Gasteiger partial charge is 0.166 e. The molecule has 0 fully saturated rings. The Morgan fingerprint density at radius 1 is 1.54 bits per heavy atom. The first-order valence-electron chi connectivity index (χ1n) is 4.70. The van der Waals surface area contributed by atoms with Crippen molar-refractivity contribution in [2.45, 2.75) is 25.3 Å². The molecule has 2 rings (SSSR count). The Kier molecular flexibility index (Phi) is 2.30. The zero-order chi connectivity index (χ0) is 9.10. The Balaban J connectivity index is 2.28.